The van der Waals surface area contributed by atoms with Crippen LogP contribution in [0.5, 0.6) is 0 Å². The molecule has 1 aromatic rings. The molecule has 6 heteroatoms. The summed E-state index contributed by atoms with van der Waals surface area (Å²) in [5, 5.41) is 0. The maximum absolute atomic E-state index is 11.5. The standard InChI is InChI=1S/C9H9NO4S/c1-14-9(11)6-3-2-4-8-7(6)5-10-15(8,12)13/h2-4,10H,5H2,1H3. The van der Waals surface area contributed by atoms with Crippen LogP contribution < -0.4 is 4.72 Å². The Hall–Kier alpha value is -1.40. The topological polar surface area (TPSA) is 72.5 Å². The van der Waals surface area contributed by atoms with Crippen LogP contribution in [0.25, 0.3) is 0 Å². The fourth-order valence-electron chi connectivity index (χ4n) is 1.55. The van der Waals surface area contributed by atoms with Gasteiger partial charge in [-0.1, -0.05) is 6.07 Å². The Bertz CT molecular complexity index is 521. The number of carbonyl (C=O) groups excluding carboxylic acids is 1. The Labute approximate surface area is 87.1 Å². The average Bonchev–Trinajstić information content (AvgIpc) is 2.54. The van der Waals surface area contributed by atoms with Crippen LogP contribution in [0.3, 0.4) is 0 Å². The Morgan fingerprint density at radius 2 is 2.20 bits per heavy atom. The van der Waals surface area contributed by atoms with E-state index in [4.69, 9.17) is 0 Å². The number of nitrogens with one attached hydrogen (secondary N) is 1. The molecule has 80 valence electrons. The van der Waals surface area contributed by atoms with Gasteiger partial charge in [0.05, 0.1) is 17.6 Å². The number of benzene rings is 1. The summed E-state index contributed by atoms with van der Waals surface area (Å²) >= 11 is 0. The molecule has 5 nitrogen and oxygen atoms in total. The minimum Gasteiger partial charge on any atom is -0.465 e. The molecule has 1 heterocycles. The Kier molecular flexibility index (Phi) is 2.24. The number of fused-ring (bicyclic) bond motifs is 1. The molecule has 0 spiro atoms. The molecule has 0 unspecified atom stereocenters. The number of sulfonamides is 1. The number of hydrogen-bond acceptors (Lipinski definition) is 4. The van der Waals surface area contributed by atoms with E-state index in [1.165, 1.54) is 19.2 Å². The van der Waals surface area contributed by atoms with Crippen molar-refractivity contribution in [3.05, 3.63) is 29.3 Å². The van der Waals surface area contributed by atoms with E-state index in [-0.39, 0.29) is 11.4 Å². The van der Waals surface area contributed by atoms with Gasteiger partial charge in [-0.3, -0.25) is 0 Å². The van der Waals surface area contributed by atoms with Gasteiger partial charge in [0.2, 0.25) is 10.0 Å². The molecule has 0 atom stereocenters. The van der Waals surface area contributed by atoms with E-state index in [1.807, 2.05) is 0 Å². The third kappa shape index (κ3) is 1.51. The first-order chi connectivity index (χ1) is 7.06. The molecule has 15 heavy (non-hydrogen) atoms. The highest BCUT2D eigenvalue weighted by Gasteiger charge is 2.29. The molecule has 0 fully saturated rings. The fraction of sp³-hybridized carbons (Fsp3) is 0.222. The van der Waals surface area contributed by atoms with Crippen molar-refractivity contribution < 1.29 is 17.9 Å². The second-order valence-electron chi connectivity index (χ2n) is 3.10. The fourth-order valence-corrected chi connectivity index (χ4v) is 2.80. The molecule has 0 saturated heterocycles. The molecule has 2 rings (SSSR count). The van der Waals surface area contributed by atoms with Crippen LogP contribution in [0.4, 0.5) is 0 Å². The number of esters is 1. The molecule has 1 aliphatic rings. The quantitative estimate of drug-likeness (QED) is 0.699. The minimum atomic E-state index is -3.43. The van der Waals surface area contributed by atoms with E-state index in [0.29, 0.717) is 11.1 Å². The summed E-state index contributed by atoms with van der Waals surface area (Å²) < 4.78 is 29.8. The van der Waals surface area contributed by atoms with E-state index in [2.05, 4.69) is 9.46 Å². The third-order valence-corrected chi connectivity index (χ3v) is 3.75. The highest BCUT2D eigenvalue weighted by molar-refractivity contribution is 7.89. The molecule has 0 amide bonds. The largest absolute Gasteiger partial charge is 0.465 e. The minimum absolute atomic E-state index is 0.142. The molecule has 1 N–H and O–H groups in total. The van der Waals surface area contributed by atoms with Gasteiger partial charge >= 0.3 is 5.97 Å². The molecule has 0 radical (unpaired) electrons. The van der Waals surface area contributed by atoms with Crippen molar-refractivity contribution in [2.75, 3.05) is 7.11 Å². The van der Waals surface area contributed by atoms with E-state index in [9.17, 15) is 13.2 Å². The zero-order chi connectivity index (χ0) is 11.1. The highest BCUT2D eigenvalue weighted by atomic mass is 32.2. The number of hydrogen-bond donors (Lipinski definition) is 1. The van der Waals surface area contributed by atoms with Crippen molar-refractivity contribution in [2.45, 2.75) is 11.4 Å². The summed E-state index contributed by atoms with van der Waals surface area (Å²) in [5.74, 6) is -0.522. The van der Waals surface area contributed by atoms with Crippen LogP contribution in [0.1, 0.15) is 15.9 Å². The summed E-state index contributed by atoms with van der Waals surface area (Å²) in [4.78, 5) is 11.5. The Morgan fingerprint density at radius 1 is 1.47 bits per heavy atom. The lowest BCUT2D eigenvalue weighted by molar-refractivity contribution is 0.0599. The first kappa shape index (κ1) is 10.1. The molecule has 0 aromatic heterocycles. The van der Waals surface area contributed by atoms with E-state index >= 15 is 0 Å². The molecule has 1 aliphatic heterocycles. The number of carbonyl (C=O) groups is 1. The van der Waals surface area contributed by atoms with Crippen molar-refractivity contribution in [2.24, 2.45) is 0 Å². The lowest BCUT2D eigenvalue weighted by Gasteiger charge is -2.03. The Morgan fingerprint density at radius 3 is 2.87 bits per heavy atom. The number of methoxy groups -OCH3 is 1. The van der Waals surface area contributed by atoms with Crippen molar-refractivity contribution in [3.8, 4) is 0 Å². The summed E-state index contributed by atoms with van der Waals surface area (Å²) in [7, 11) is -2.17. The van der Waals surface area contributed by atoms with Gasteiger partial charge in [-0.25, -0.2) is 17.9 Å². The van der Waals surface area contributed by atoms with E-state index in [1.54, 1.807) is 6.07 Å². The summed E-state index contributed by atoms with van der Waals surface area (Å²) in [6.45, 7) is 0.142. The molecular formula is C9H9NO4S. The van der Waals surface area contributed by atoms with Crippen molar-refractivity contribution in [3.63, 3.8) is 0 Å². The zero-order valence-electron chi connectivity index (χ0n) is 7.98. The molecule has 0 bridgehead atoms. The second-order valence-corrected chi connectivity index (χ2v) is 4.83. The number of ether oxygens (including phenoxy) is 1. The molecular weight excluding hydrogens is 218 g/mol. The summed E-state index contributed by atoms with van der Waals surface area (Å²) in [5.41, 5.74) is 0.771. The monoisotopic (exact) mass is 227 g/mol. The lowest BCUT2D eigenvalue weighted by atomic mass is 10.1. The van der Waals surface area contributed by atoms with Crippen LogP contribution in [-0.2, 0) is 21.3 Å². The van der Waals surface area contributed by atoms with Gasteiger partial charge in [0.25, 0.3) is 0 Å². The van der Waals surface area contributed by atoms with Gasteiger partial charge in [0, 0.05) is 12.1 Å². The summed E-state index contributed by atoms with van der Waals surface area (Å²) in [6, 6.07) is 4.54. The first-order valence-electron chi connectivity index (χ1n) is 4.26. The van der Waals surface area contributed by atoms with Crippen LogP contribution >= 0.6 is 0 Å². The van der Waals surface area contributed by atoms with Crippen molar-refractivity contribution in [1.82, 2.24) is 4.72 Å². The van der Waals surface area contributed by atoms with E-state index in [0.717, 1.165) is 0 Å². The highest BCUT2D eigenvalue weighted by Crippen LogP contribution is 2.25. The van der Waals surface area contributed by atoms with Gasteiger partial charge < -0.3 is 4.74 Å². The third-order valence-electron chi connectivity index (χ3n) is 2.27. The predicted molar refractivity (Wildman–Crippen MR) is 51.8 cm³/mol. The average molecular weight is 227 g/mol. The van der Waals surface area contributed by atoms with Gasteiger partial charge in [0.15, 0.2) is 0 Å². The van der Waals surface area contributed by atoms with Gasteiger partial charge in [0.1, 0.15) is 0 Å². The maximum Gasteiger partial charge on any atom is 0.338 e. The summed E-state index contributed by atoms with van der Waals surface area (Å²) in [6.07, 6.45) is 0. The number of rotatable bonds is 1. The van der Waals surface area contributed by atoms with Crippen molar-refractivity contribution in [1.29, 1.82) is 0 Å². The maximum atomic E-state index is 11.5. The zero-order valence-corrected chi connectivity index (χ0v) is 8.80. The van der Waals surface area contributed by atoms with E-state index < -0.39 is 16.0 Å². The normalized spacial score (nSPS) is 17.1. The van der Waals surface area contributed by atoms with Gasteiger partial charge in [-0.05, 0) is 12.1 Å². The molecule has 1 aromatic carbocycles. The SMILES string of the molecule is COC(=O)c1cccc2c1CNS2(=O)=O. The first-order valence-corrected chi connectivity index (χ1v) is 5.74. The van der Waals surface area contributed by atoms with Crippen molar-refractivity contribution >= 4 is 16.0 Å². The molecule has 0 aliphatic carbocycles. The van der Waals surface area contributed by atoms with Crippen LogP contribution in [0.2, 0.25) is 0 Å². The van der Waals surface area contributed by atoms with Crippen LogP contribution in [0.15, 0.2) is 23.1 Å². The second kappa shape index (κ2) is 3.32. The van der Waals surface area contributed by atoms with Gasteiger partial charge in [-0.2, -0.15) is 0 Å². The smallest absolute Gasteiger partial charge is 0.338 e. The van der Waals surface area contributed by atoms with Crippen LogP contribution in [0, 0.1) is 0 Å². The predicted octanol–water partition coefficient (Wildman–Crippen LogP) is 0.265. The van der Waals surface area contributed by atoms with Gasteiger partial charge in [-0.15, -0.1) is 0 Å². The Balaban J connectivity index is 2.64. The lowest BCUT2D eigenvalue weighted by Crippen LogP contribution is -2.13. The van der Waals surface area contributed by atoms with Crippen LogP contribution in [-0.4, -0.2) is 21.5 Å². The molecule has 0 saturated carbocycles.